The van der Waals surface area contributed by atoms with Crippen molar-refractivity contribution in [1.29, 1.82) is 0 Å². The number of fused-ring (bicyclic) bond motifs is 7. The van der Waals surface area contributed by atoms with Crippen molar-refractivity contribution in [3.05, 3.63) is 57.8 Å². The van der Waals surface area contributed by atoms with Gasteiger partial charge in [0.05, 0.1) is 30.9 Å². The summed E-state index contributed by atoms with van der Waals surface area (Å²) in [5, 5.41) is 30.4. The van der Waals surface area contributed by atoms with Crippen molar-refractivity contribution in [1.82, 2.24) is 15.0 Å². The number of halogens is 1. The third-order valence-corrected chi connectivity index (χ3v) is 16.2. The zero-order valence-corrected chi connectivity index (χ0v) is 31.5. The number of hydrogen-bond donors (Lipinski definition) is 2. The van der Waals surface area contributed by atoms with E-state index in [0.717, 1.165) is 74.2 Å². The molecule has 8 heteroatoms. The molecule has 7 nitrogen and oxygen atoms in total. The van der Waals surface area contributed by atoms with Crippen LogP contribution in [0.1, 0.15) is 117 Å². The van der Waals surface area contributed by atoms with E-state index in [2.05, 4.69) is 79.9 Å². The molecule has 1 aromatic heterocycles. The first-order chi connectivity index (χ1) is 22.6. The highest BCUT2D eigenvalue weighted by atomic mass is 79.9. The molecular weight excluding hydrogens is 666 g/mol. The largest absolute Gasteiger partial charge is 0.459 e. The fourth-order valence-corrected chi connectivity index (χ4v) is 12.6. The van der Waals surface area contributed by atoms with E-state index in [-0.39, 0.29) is 46.8 Å². The summed E-state index contributed by atoms with van der Waals surface area (Å²) in [5.41, 5.74) is 2.63. The van der Waals surface area contributed by atoms with Gasteiger partial charge < -0.3 is 14.9 Å². The van der Waals surface area contributed by atoms with Gasteiger partial charge in [-0.25, -0.2) is 4.68 Å². The van der Waals surface area contributed by atoms with Crippen molar-refractivity contribution in [2.24, 2.45) is 50.2 Å². The molecule has 2 aromatic rings. The lowest BCUT2D eigenvalue weighted by Gasteiger charge is -2.71. The maximum absolute atomic E-state index is 14.4. The third kappa shape index (κ3) is 5.04. The number of carbonyl (C=O) groups excluding carboxylic acids is 1. The minimum absolute atomic E-state index is 0.00809. The number of aromatic nitrogens is 3. The van der Waals surface area contributed by atoms with Crippen molar-refractivity contribution in [3.8, 4) is 0 Å². The molecule has 262 valence electrons. The van der Waals surface area contributed by atoms with E-state index in [0.29, 0.717) is 24.1 Å². The van der Waals surface area contributed by atoms with Gasteiger partial charge in [-0.2, -0.15) is 0 Å². The second kappa shape index (κ2) is 11.8. The summed E-state index contributed by atoms with van der Waals surface area (Å²) in [5.74, 6) is 0.881. The Labute approximate surface area is 295 Å². The Kier molecular flexibility index (Phi) is 8.44. The molecule has 1 aromatic carbocycles. The maximum Gasteiger partial charge on any atom is 0.313 e. The van der Waals surface area contributed by atoms with Gasteiger partial charge in [0.25, 0.3) is 0 Å². The summed E-state index contributed by atoms with van der Waals surface area (Å²) in [6.07, 6.45) is 13.6. The van der Waals surface area contributed by atoms with E-state index in [9.17, 15) is 15.0 Å². The molecule has 4 fully saturated rings. The van der Waals surface area contributed by atoms with E-state index in [1.54, 1.807) is 4.68 Å². The van der Waals surface area contributed by atoms with Crippen molar-refractivity contribution in [2.45, 2.75) is 125 Å². The van der Waals surface area contributed by atoms with Crippen molar-refractivity contribution in [3.63, 3.8) is 0 Å². The highest BCUT2D eigenvalue weighted by molar-refractivity contribution is 9.10. The molecule has 0 aliphatic heterocycles. The lowest BCUT2D eigenvalue weighted by atomic mass is 9.33. The molecule has 2 N–H and O–H groups in total. The first-order valence-corrected chi connectivity index (χ1v) is 19.2. The van der Waals surface area contributed by atoms with Gasteiger partial charge in [0.15, 0.2) is 0 Å². The topological polar surface area (TPSA) is 97.5 Å². The summed E-state index contributed by atoms with van der Waals surface area (Å²) < 4.78 is 9.05. The SMILES string of the molecule is CC1(C)CC[C@]2(C(=O)OCc3cn(Cc4ccccc4Br)nn3)CC[C@]3(C)C(=CC[C@@H]4[C@@]5(C)CC[C@H](O)[C@@](C)(CO)[C@@H]5CC[C@]43C)[C@@H]2C1. The summed E-state index contributed by atoms with van der Waals surface area (Å²) in [6.45, 7) is 15.2. The highest BCUT2D eigenvalue weighted by Gasteiger charge is 2.69. The zero-order chi connectivity index (χ0) is 34.3. The number of allylic oxidation sites excluding steroid dienone is 2. The molecule has 9 atom stereocenters. The number of aliphatic hydroxyl groups is 2. The molecular formula is C40H56BrN3O4. The minimum atomic E-state index is -0.513. The molecule has 0 radical (unpaired) electrons. The van der Waals surface area contributed by atoms with Crippen LogP contribution in [0.25, 0.3) is 0 Å². The third-order valence-electron chi connectivity index (χ3n) is 15.4. The fraction of sp³-hybridized carbons (Fsp3) is 0.725. The lowest BCUT2D eigenvalue weighted by molar-refractivity contribution is -0.217. The Morgan fingerprint density at radius 2 is 1.75 bits per heavy atom. The molecule has 0 spiro atoms. The van der Waals surface area contributed by atoms with Gasteiger partial charge in [-0.3, -0.25) is 4.79 Å². The lowest BCUT2D eigenvalue weighted by Crippen LogP contribution is -2.66. The number of carbonyl (C=O) groups is 1. The van der Waals surface area contributed by atoms with Gasteiger partial charge in [0, 0.05) is 9.89 Å². The average Bonchev–Trinajstić information content (AvgIpc) is 3.50. The molecule has 4 saturated carbocycles. The molecule has 0 amide bonds. The quantitative estimate of drug-likeness (QED) is 0.230. The number of hydrogen-bond acceptors (Lipinski definition) is 6. The van der Waals surface area contributed by atoms with E-state index < -0.39 is 16.9 Å². The first kappa shape index (κ1) is 34.4. The smallest absolute Gasteiger partial charge is 0.313 e. The number of rotatable bonds is 6. The minimum Gasteiger partial charge on any atom is -0.459 e. The summed E-state index contributed by atoms with van der Waals surface area (Å²) >= 11 is 3.62. The van der Waals surface area contributed by atoms with Crippen LogP contribution in [0.15, 0.2) is 46.6 Å². The van der Waals surface area contributed by atoms with Crippen LogP contribution in [0.3, 0.4) is 0 Å². The van der Waals surface area contributed by atoms with E-state index in [4.69, 9.17) is 4.74 Å². The van der Waals surface area contributed by atoms with Gasteiger partial charge in [-0.05, 0) is 115 Å². The molecule has 48 heavy (non-hydrogen) atoms. The predicted octanol–water partition coefficient (Wildman–Crippen LogP) is 8.27. The van der Waals surface area contributed by atoms with Crippen LogP contribution in [0.5, 0.6) is 0 Å². The molecule has 0 unspecified atom stereocenters. The molecule has 5 aliphatic carbocycles. The van der Waals surface area contributed by atoms with Crippen LogP contribution >= 0.6 is 15.9 Å². The van der Waals surface area contributed by atoms with Crippen molar-refractivity contribution >= 4 is 21.9 Å². The van der Waals surface area contributed by atoms with Gasteiger partial charge in [0.2, 0.25) is 0 Å². The van der Waals surface area contributed by atoms with Crippen LogP contribution in [0.2, 0.25) is 0 Å². The van der Waals surface area contributed by atoms with Crippen LogP contribution in [-0.2, 0) is 22.7 Å². The van der Waals surface area contributed by atoms with Gasteiger partial charge in [-0.1, -0.05) is 92.5 Å². The molecule has 5 aliphatic rings. The Morgan fingerprint density at radius 3 is 2.50 bits per heavy atom. The number of esters is 1. The second-order valence-corrected chi connectivity index (χ2v) is 19.0. The van der Waals surface area contributed by atoms with E-state index >= 15 is 0 Å². The van der Waals surface area contributed by atoms with Crippen LogP contribution in [0, 0.1) is 50.2 Å². The number of benzene rings is 1. The number of nitrogens with zero attached hydrogens (tertiary/aromatic N) is 3. The van der Waals surface area contributed by atoms with Crippen LogP contribution in [0.4, 0.5) is 0 Å². The van der Waals surface area contributed by atoms with Crippen LogP contribution < -0.4 is 0 Å². The molecule has 0 bridgehead atoms. The fourth-order valence-electron chi connectivity index (χ4n) is 12.2. The highest BCUT2D eigenvalue weighted by Crippen LogP contribution is 2.75. The Bertz CT molecular complexity index is 1600. The Hall–Kier alpha value is -2.03. The Balaban J connectivity index is 1.16. The predicted molar refractivity (Wildman–Crippen MR) is 190 cm³/mol. The van der Waals surface area contributed by atoms with E-state index in [1.165, 1.54) is 5.57 Å². The first-order valence-electron chi connectivity index (χ1n) is 18.4. The standard InChI is InChI=1S/C40H56BrN3O4/c1-35(2)17-19-40(34(47)48-24-27-23-44(43-42-27)22-26-9-7-8-10-30(26)41)20-18-38(5)28(29(40)21-35)11-12-32-36(3)15-14-33(46)37(4,25-45)31(36)13-16-39(32,38)6/h7-11,23,29,31-33,45-46H,12-22,24-25H2,1-6H3/t29-,31+,32+,33-,36-,37-,38+,39+,40-/m0/s1. The Morgan fingerprint density at radius 1 is 1.00 bits per heavy atom. The van der Waals surface area contributed by atoms with Crippen molar-refractivity contribution in [2.75, 3.05) is 6.61 Å². The van der Waals surface area contributed by atoms with Gasteiger partial charge in [0.1, 0.15) is 12.3 Å². The summed E-state index contributed by atoms with van der Waals surface area (Å²) in [6, 6.07) is 8.09. The van der Waals surface area contributed by atoms with E-state index in [1.807, 2.05) is 24.4 Å². The molecule has 7 rings (SSSR count). The van der Waals surface area contributed by atoms with Crippen LogP contribution in [-0.4, -0.2) is 43.9 Å². The normalized spacial score (nSPS) is 41.6. The monoisotopic (exact) mass is 721 g/mol. The number of ether oxygens (including phenoxy) is 1. The summed E-state index contributed by atoms with van der Waals surface area (Å²) in [7, 11) is 0. The summed E-state index contributed by atoms with van der Waals surface area (Å²) in [4.78, 5) is 14.4. The zero-order valence-electron chi connectivity index (χ0n) is 29.9. The van der Waals surface area contributed by atoms with Gasteiger partial charge >= 0.3 is 5.97 Å². The second-order valence-electron chi connectivity index (χ2n) is 18.2. The molecule has 1 heterocycles. The average molecular weight is 723 g/mol. The van der Waals surface area contributed by atoms with Gasteiger partial charge in [-0.15, -0.1) is 5.10 Å². The maximum atomic E-state index is 14.4. The van der Waals surface area contributed by atoms with Crippen molar-refractivity contribution < 1.29 is 19.7 Å². The molecule has 0 saturated heterocycles. The number of aliphatic hydroxyl groups excluding tert-OH is 2.